The SMILES string of the molecule is COc1cccc(-c2nn(-c3ccccc3)cc2C(=O)Nc2ccc(O)cc2)c1. The standard InChI is InChI=1S/C23H19N3O3/c1-29-20-9-5-6-16(14-20)22-21(15-26(25-22)18-7-3-2-4-8-18)23(28)24-17-10-12-19(27)13-11-17/h2-15,27H,1H3,(H,24,28). The average Bonchev–Trinajstić information content (AvgIpc) is 3.22. The van der Waals surface area contributed by atoms with Crippen LogP contribution in [0.25, 0.3) is 16.9 Å². The monoisotopic (exact) mass is 385 g/mol. The lowest BCUT2D eigenvalue weighted by molar-refractivity contribution is 0.102. The van der Waals surface area contributed by atoms with Gasteiger partial charge in [-0.3, -0.25) is 4.79 Å². The van der Waals surface area contributed by atoms with Crippen molar-refractivity contribution >= 4 is 11.6 Å². The van der Waals surface area contributed by atoms with Crippen molar-refractivity contribution in [3.05, 3.63) is 90.6 Å². The van der Waals surface area contributed by atoms with Crippen molar-refractivity contribution in [2.45, 2.75) is 0 Å². The molecule has 0 atom stereocenters. The van der Waals surface area contributed by atoms with E-state index in [1.54, 1.807) is 30.1 Å². The van der Waals surface area contributed by atoms with E-state index in [0.29, 0.717) is 22.7 Å². The summed E-state index contributed by atoms with van der Waals surface area (Å²) >= 11 is 0. The van der Waals surface area contributed by atoms with Crippen LogP contribution in [0.15, 0.2) is 85.1 Å². The van der Waals surface area contributed by atoms with E-state index < -0.39 is 0 Å². The highest BCUT2D eigenvalue weighted by Crippen LogP contribution is 2.27. The van der Waals surface area contributed by atoms with E-state index in [1.807, 2.05) is 54.6 Å². The highest BCUT2D eigenvalue weighted by molar-refractivity contribution is 6.08. The minimum Gasteiger partial charge on any atom is -0.508 e. The van der Waals surface area contributed by atoms with Crippen LogP contribution in [0.5, 0.6) is 11.5 Å². The van der Waals surface area contributed by atoms with Crippen molar-refractivity contribution in [1.82, 2.24) is 9.78 Å². The Hall–Kier alpha value is -4.06. The molecule has 6 nitrogen and oxygen atoms in total. The van der Waals surface area contributed by atoms with Crippen molar-refractivity contribution < 1.29 is 14.6 Å². The van der Waals surface area contributed by atoms with Crippen molar-refractivity contribution in [2.24, 2.45) is 0 Å². The van der Waals surface area contributed by atoms with Crippen LogP contribution in [-0.4, -0.2) is 27.9 Å². The van der Waals surface area contributed by atoms with E-state index >= 15 is 0 Å². The van der Waals surface area contributed by atoms with Gasteiger partial charge in [0.1, 0.15) is 17.2 Å². The van der Waals surface area contributed by atoms with Gasteiger partial charge in [-0.25, -0.2) is 4.68 Å². The van der Waals surface area contributed by atoms with E-state index in [4.69, 9.17) is 4.74 Å². The van der Waals surface area contributed by atoms with Crippen LogP contribution in [0.1, 0.15) is 10.4 Å². The third-order valence-electron chi connectivity index (χ3n) is 4.45. The highest BCUT2D eigenvalue weighted by Gasteiger charge is 2.19. The topological polar surface area (TPSA) is 76.4 Å². The zero-order valence-corrected chi connectivity index (χ0v) is 15.7. The number of carbonyl (C=O) groups is 1. The maximum absolute atomic E-state index is 13.0. The van der Waals surface area contributed by atoms with E-state index in [0.717, 1.165) is 11.3 Å². The number of aromatic nitrogens is 2. The lowest BCUT2D eigenvalue weighted by atomic mass is 10.1. The molecule has 0 radical (unpaired) electrons. The zero-order chi connectivity index (χ0) is 20.2. The number of benzene rings is 3. The average molecular weight is 385 g/mol. The first-order chi connectivity index (χ1) is 14.1. The minimum atomic E-state index is -0.296. The minimum absolute atomic E-state index is 0.136. The Morgan fingerprint density at radius 3 is 2.48 bits per heavy atom. The van der Waals surface area contributed by atoms with Crippen molar-refractivity contribution in [3.8, 4) is 28.4 Å². The summed E-state index contributed by atoms with van der Waals surface area (Å²) in [6, 6.07) is 23.3. The number of para-hydroxylation sites is 1. The summed E-state index contributed by atoms with van der Waals surface area (Å²) in [6.07, 6.45) is 1.71. The summed E-state index contributed by atoms with van der Waals surface area (Å²) in [5.74, 6) is 0.523. The first-order valence-corrected chi connectivity index (χ1v) is 9.04. The molecule has 3 aromatic carbocycles. The maximum Gasteiger partial charge on any atom is 0.259 e. The summed E-state index contributed by atoms with van der Waals surface area (Å²) in [4.78, 5) is 13.0. The van der Waals surface area contributed by atoms with Gasteiger partial charge in [0.05, 0.1) is 18.4 Å². The van der Waals surface area contributed by atoms with Crippen LogP contribution in [0, 0.1) is 0 Å². The molecule has 4 aromatic rings. The first kappa shape index (κ1) is 18.3. The predicted octanol–water partition coefficient (Wildman–Crippen LogP) is 4.51. The van der Waals surface area contributed by atoms with Gasteiger partial charge < -0.3 is 15.2 Å². The molecule has 29 heavy (non-hydrogen) atoms. The fourth-order valence-electron chi connectivity index (χ4n) is 2.98. The quantitative estimate of drug-likeness (QED) is 0.496. The lowest BCUT2D eigenvalue weighted by Gasteiger charge is -2.06. The number of nitrogens with one attached hydrogen (secondary N) is 1. The van der Waals surface area contributed by atoms with Crippen molar-refractivity contribution in [2.75, 3.05) is 12.4 Å². The van der Waals surface area contributed by atoms with E-state index in [1.165, 1.54) is 12.1 Å². The predicted molar refractivity (Wildman–Crippen MR) is 112 cm³/mol. The van der Waals surface area contributed by atoms with Crippen LogP contribution < -0.4 is 10.1 Å². The fraction of sp³-hybridized carbons (Fsp3) is 0.0435. The maximum atomic E-state index is 13.0. The van der Waals surface area contributed by atoms with Gasteiger partial charge in [0.15, 0.2) is 0 Å². The smallest absolute Gasteiger partial charge is 0.259 e. The molecule has 4 rings (SSSR count). The molecule has 0 aliphatic rings. The van der Waals surface area contributed by atoms with Crippen molar-refractivity contribution in [1.29, 1.82) is 0 Å². The molecule has 0 saturated carbocycles. The Morgan fingerprint density at radius 1 is 1.00 bits per heavy atom. The molecule has 0 bridgehead atoms. The largest absolute Gasteiger partial charge is 0.508 e. The van der Waals surface area contributed by atoms with Gasteiger partial charge in [0, 0.05) is 17.4 Å². The molecule has 144 valence electrons. The normalized spacial score (nSPS) is 10.5. The van der Waals surface area contributed by atoms with Crippen LogP contribution in [0.3, 0.4) is 0 Å². The number of aromatic hydroxyl groups is 1. The number of phenols is 1. The molecule has 1 heterocycles. The van der Waals surface area contributed by atoms with Crippen LogP contribution in [0.4, 0.5) is 5.69 Å². The summed E-state index contributed by atoms with van der Waals surface area (Å²) < 4.78 is 7.00. The van der Waals surface area contributed by atoms with Crippen LogP contribution >= 0.6 is 0 Å². The molecule has 0 aliphatic carbocycles. The second-order valence-corrected chi connectivity index (χ2v) is 6.40. The van der Waals surface area contributed by atoms with E-state index in [-0.39, 0.29) is 11.7 Å². The molecule has 0 aliphatic heterocycles. The number of carbonyl (C=O) groups excluding carboxylic acids is 1. The number of rotatable bonds is 5. The van der Waals surface area contributed by atoms with Gasteiger partial charge in [-0.15, -0.1) is 0 Å². The molecule has 1 amide bonds. The Kier molecular flexibility index (Phi) is 4.99. The second kappa shape index (κ2) is 7.90. The molecule has 2 N–H and O–H groups in total. The second-order valence-electron chi connectivity index (χ2n) is 6.40. The number of anilines is 1. The zero-order valence-electron chi connectivity index (χ0n) is 15.7. The summed E-state index contributed by atoms with van der Waals surface area (Å²) in [7, 11) is 1.60. The number of methoxy groups -OCH3 is 1. The Labute approximate surface area is 168 Å². The highest BCUT2D eigenvalue weighted by atomic mass is 16.5. The van der Waals surface area contributed by atoms with Gasteiger partial charge in [0.25, 0.3) is 5.91 Å². The number of hydrogen-bond acceptors (Lipinski definition) is 4. The number of hydrogen-bond donors (Lipinski definition) is 2. The first-order valence-electron chi connectivity index (χ1n) is 9.04. The summed E-state index contributed by atoms with van der Waals surface area (Å²) in [5.41, 5.74) is 3.17. The molecular weight excluding hydrogens is 366 g/mol. The number of nitrogens with zero attached hydrogens (tertiary/aromatic N) is 2. The summed E-state index contributed by atoms with van der Waals surface area (Å²) in [6.45, 7) is 0. The number of ether oxygens (including phenoxy) is 1. The molecule has 6 heteroatoms. The lowest BCUT2D eigenvalue weighted by Crippen LogP contribution is -2.12. The Bertz CT molecular complexity index is 1140. The van der Waals surface area contributed by atoms with Crippen LogP contribution in [0.2, 0.25) is 0 Å². The molecule has 0 spiro atoms. The molecule has 0 fully saturated rings. The third-order valence-corrected chi connectivity index (χ3v) is 4.45. The molecule has 0 unspecified atom stereocenters. The third kappa shape index (κ3) is 3.96. The number of phenolic OH excluding ortho intramolecular Hbond substituents is 1. The van der Waals surface area contributed by atoms with Crippen LogP contribution in [-0.2, 0) is 0 Å². The van der Waals surface area contributed by atoms with E-state index in [9.17, 15) is 9.90 Å². The molecule has 1 aromatic heterocycles. The van der Waals surface area contributed by atoms with Gasteiger partial charge in [0.2, 0.25) is 0 Å². The van der Waals surface area contributed by atoms with E-state index in [2.05, 4.69) is 10.4 Å². The van der Waals surface area contributed by atoms with Gasteiger partial charge in [-0.05, 0) is 48.5 Å². The Morgan fingerprint density at radius 2 is 1.76 bits per heavy atom. The number of amides is 1. The van der Waals surface area contributed by atoms with Crippen molar-refractivity contribution in [3.63, 3.8) is 0 Å². The van der Waals surface area contributed by atoms with Gasteiger partial charge in [-0.2, -0.15) is 5.10 Å². The van der Waals surface area contributed by atoms with Gasteiger partial charge >= 0.3 is 0 Å². The summed E-state index contributed by atoms with van der Waals surface area (Å²) in [5, 5.41) is 17.0. The fourth-order valence-corrected chi connectivity index (χ4v) is 2.98. The van der Waals surface area contributed by atoms with Gasteiger partial charge in [-0.1, -0.05) is 30.3 Å². The molecular formula is C23H19N3O3. The molecule has 0 saturated heterocycles. The Balaban J connectivity index is 1.77.